The van der Waals surface area contributed by atoms with Gasteiger partial charge in [0.05, 0.1) is 0 Å². The van der Waals surface area contributed by atoms with Crippen molar-refractivity contribution in [3.8, 4) is 0 Å². The van der Waals surface area contributed by atoms with E-state index in [0.717, 1.165) is 35.1 Å². The minimum Gasteiger partial charge on any atom is -0.445 e. The third-order valence-corrected chi connectivity index (χ3v) is 4.39. The van der Waals surface area contributed by atoms with E-state index >= 15 is 0 Å². The van der Waals surface area contributed by atoms with Crippen molar-refractivity contribution >= 4 is 18.0 Å². The summed E-state index contributed by atoms with van der Waals surface area (Å²) < 4.78 is 5.16. The molecule has 4 nitrogen and oxygen atoms in total. The van der Waals surface area contributed by atoms with Gasteiger partial charge < -0.3 is 10.1 Å². The number of carbonyl (C=O) groups is 2. The molecule has 0 saturated heterocycles. The first-order chi connectivity index (χ1) is 12.7. The van der Waals surface area contributed by atoms with E-state index in [1.165, 1.54) is 0 Å². The molecule has 2 aromatic carbocycles. The molecular weight excluding hydrogens is 326 g/mol. The van der Waals surface area contributed by atoms with E-state index in [9.17, 15) is 9.59 Å². The molecule has 0 radical (unpaired) electrons. The number of amides is 1. The Kier molecular flexibility index (Phi) is 6.20. The Morgan fingerprint density at radius 3 is 2.81 bits per heavy atom. The molecule has 1 amide bonds. The first kappa shape index (κ1) is 17.9. The number of ether oxygens (including phenoxy) is 1. The van der Waals surface area contributed by atoms with Gasteiger partial charge in [-0.05, 0) is 42.0 Å². The normalized spacial score (nSPS) is 13.5. The van der Waals surface area contributed by atoms with Crippen LogP contribution in [0.2, 0.25) is 0 Å². The van der Waals surface area contributed by atoms with Gasteiger partial charge in [-0.3, -0.25) is 4.79 Å². The van der Waals surface area contributed by atoms with Crippen molar-refractivity contribution in [3.05, 3.63) is 76.9 Å². The second-order valence-corrected chi connectivity index (χ2v) is 6.37. The molecule has 2 aromatic rings. The lowest BCUT2D eigenvalue weighted by Crippen LogP contribution is -2.24. The fraction of sp³-hybridized carbons (Fsp3) is 0.273. The van der Waals surface area contributed by atoms with Crippen LogP contribution in [0.1, 0.15) is 46.3 Å². The lowest BCUT2D eigenvalue weighted by Gasteiger charge is -2.14. The summed E-state index contributed by atoms with van der Waals surface area (Å²) in [5.41, 5.74) is 4.00. The first-order valence-corrected chi connectivity index (χ1v) is 8.99. The number of carbonyl (C=O) groups excluding carboxylic acids is 2. The number of hydrogen-bond acceptors (Lipinski definition) is 3. The van der Waals surface area contributed by atoms with Crippen molar-refractivity contribution in [1.82, 2.24) is 5.32 Å². The molecular formula is C22H23NO3. The van der Waals surface area contributed by atoms with E-state index in [0.29, 0.717) is 19.4 Å². The van der Waals surface area contributed by atoms with Crippen LogP contribution in [0, 0.1) is 0 Å². The van der Waals surface area contributed by atoms with E-state index in [4.69, 9.17) is 4.74 Å². The van der Waals surface area contributed by atoms with Crippen LogP contribution < -0.4 is 5.32 Å². The molecule has 3 rings (SSSR count). The summed E-state index contributed by atoms with van der Waals surface area (Å²) >= 11 is 0. The topological polar surface area (TPSA) is 55.4 Å². The van der Waals surface area contributed by atoms with Gasteiger partial charge in [-0.25, -0.2) is 4.79 Å². The van der Waals surface area contributed by atoms with E-state index in [1.807, 2.05) is 60.7 Å². The van der Waals surface area contributed by atoms with E-state index in [2.05, 4.69) is 5.32 Å². The van der Waals surface area contributed by atoms with E-state index in [1.54, 1.807) is 0 Å². The number of nitrogens with one attached hydrogen (secondary N) is 1. The van der Waals surface area contributed by atoms with Crippen LogP contribution in [-0.2, 0) is 17.8 Å². The van der Waals surface area contributed by atoms with Crippen LogP contribution in [0.5, 0.6) is 0 Å². The minimum absolute atomic E-state index is 0.240. The maximum absolute atomic E-state index is 12.0. The van der Waals surface area contributed by atoms with Crippen molar-refractivity contribution in [2.75, 3.05) is 6.54 Å². The number of ketones is 1. The second kappa shape index (κ2) is 8.99. The average Bonchev–Trinajstić information content (AvgIpc) is 2.67. The Morgan fingerprint density at radius 1 is 1.12 bits per heavy atom. The molecule has 26 heavy (non-hydrogen) atoms. The van der Waals surface area contributed by atoms with Crippen LogP contribution in [0.15, 0.2) is 54.6 Å². The summed E-state index contributed by atoms with van der Waals surface area (Å²) in [6, 6.07) is 15.6. The standard InChI is InChI=1S/C22H23NO3/c24-21-11-6-10-19-13-12-17(15-20(19)21)7-4-5-14-23-22(25)26-16-18-8-2-1-3-9-18/h1-4,7-9,12-13,15H,5-6,10-11,14,16H2,(H,23,25). The van der Waals surface area contributed by atoms with Crippen molar-refractivity contribution in [2.24, 2.45) is 0 Å². The summed E-state index contributed by atoms with van der Waals surface area (Å²) in [5, 5.41) is 2.73. The molecule has 1 N–H and O–H groups in total. The number of fused-ring (bicyclic) bond motifs is 1. The smallest absolute Gasteiger partial charge is 0.407 e. The molecule has 0 aromatic heterocycles. The molecule has 0 saturated carbocycles. The zero-order valence-electron chi connectivity index (χ0n) is 14.7. The van der Waals surface area contributed by atoms with Crippen molar-refractivity contribution < 1.29 is 14.3 Å². The van der Waals surface area contributed by atoms with Gasteiger partial charge in [0.1, 0.15) is 6.61 Å². The maximum Gasteiger partial charge on any atom is 0.407 e. The molecule has 0 fully saturated rings. The molecule has 0 spiro atoms. The Labute approximate surface area is 153 Å². The average molecular weight is 349 g/mol. The number of hydrogen-bond donors (Lipinski definition) is 1. The van der Waals surface area contributed by atoms with E-state index < -0.39 is 6.09 Å². The Balaban J connectivity index is 1.40. The van der Waals surface area contributed by atoms with Crippen LogP contribution in [0.3, 0.4) is 0 Å². The fourth-order valence-corrected chi connectivity index (χ4v) is 3.00. The van der Waals surface area contributed by atoms with Gasteiger partial charge in [0.15, 0.2) is 5.78 Å². The molecule has 1 aliphatic rings. The molecule has 0 heterocycles. The third kappa shape index (κ3) is 5.06. The summed E-state index contributed by atoms with van der Waals surface area (Å²) in [4.78, 5) is 23.6. The lowest BCUT2D eigenvalue weighted by molar-refractivity contribution is 0.0972. The molecule has 0 bridgehead atoms. The Morgan fingerprint density at radius 2 is 1.96 bits per heavy atom. The highest BCUT2D eigenvalue weighted by Gasteiger charge is 2.16. The van der Waals surface area contributed by atoms with Crippen LogP contribution in [0.4, 0.5) is 4.79 Å². The quantitative estimate of drug-likeness (QED) is 0.779. The third-order valence-electron chi connectivity index (χ3n) is 4.39. The largest absolute Gasteiger partial charge is 0.445 e. The SMILES string of the molecule is O=C(NCCC=Cc1ccc2c(c1)C(=O)CCC2)OCc1ccccc1. The Bertz CT molecular complexity index is 796. The number of alkyl carbamates (subject to hydrolysis) is 1. The first-order valence-electron chi connectivity index (χ1n) is 8.99. The zero-order valence-corrected chi connectivity index (χ0v) is 14.7. The van der Waals surface area contributed by atoms with Gasteiger partial charge in [-0.15, -0.1) is 0 Å². The van der Waals surface area contributed by atoms with Crippen LogP contribution in [-0.4, -0.2) is 18.4 Å². The van der Waals surface area contributed by atoms with Gasteiger partial charge in [0.25, 0.3) is 0 Å². The summed E-state index contributed by atoms with van der Waals surface area (Å²) in [7, 11) is 0. The zero-order chi connectivity index (χ0) is 18.2. The molecule has 134 valence electrons. The molecule has 0 unspecified atom stereocenters. The highest BCUT2D eigenvalue weighted by Crippen LogP contribution is 2.22. The highest BCUT2D eigenvalue weighted by molar-refractivity contribution is 5.98. The maximum atomic E-state index is 12.0. The number of aryl methyl sites for hydroxylation is 1. The molecule has 0 atom stereocenters. The van der Waals surface area contributed by atoms with Crippen LogP contribution in [0.25, 0.3) is 6.08 Å². The highest BCUT2D eigenvalue weighted by atomic mass is 16.5. The van der Waals surface area contributed by atoms with Gasteiger partial charge in [0, 0.05) is 18.5 Å². The van der Waals surface area contributed by atoms with Crippen molar-refractivity contribution in [1.29, 1.82) is 0 Å². The molecule has 0 aliphatic heterocycles. The lowest BCUT2D eigenvalue weighted by atomic mass is 9.89. The number of Topliss-reactive ketones (excluding diaryl/α,β-unsaturated/α-hetero) is 1. The number of benzene rings is 2. The summed E-state index contributed by atoms with van der Waals surface area (Å²) in [6.45, 7) is 0.777. The monoisotopic (exact) mass is 349 g/mol. The summed E-state index contributed by atoms with van der Waals surface area (Å²) in [6.07, 6.45) is 6.85. The minimum atomic E-state index is -0.415. The predicted molar refractivity (Wildman–Crippen MR) is 102 cm³/mol. The second-order valence-electron chi connectivity index (χ2n) is 6.37. The van der Waals surface area contributed by atoms with Gasteiger partial charge >= 0.3 is 6.09 Å². The Hall–Kier alpha value is -2.88. The van der Waals surface area contributed by atoms with Gasteiger partial charge in [-0.2, -0.15) is 0 Å². The predicted octanol–water partition coefficient (Wildman–Crippen LogP) is 4.54. The van der Waals surface area contributed by atoms with Crippen molar-refractivity contribution in [2.45, 2.75) is 32.3 Å². The van der Waals surface area contributed by atoms with Gasteiger partial charge in [0.2, 0.25) is 0 Å². The molecule has 4 heteroatoms. The van der Waals surface area contributed by atoms with Crippen molar-refractivity contribution in [3.63, 3.8) is 0 Å². The molecule has 1 aliphatic carbocycles. The fourth-order valence-electron chi connectivity index (χ4n) is 3.00. The van der Waals surface area contributed by atoms with Crippen LogP contribution >= 0.6 is 0 Å². The van der Waals surface area contributed by atoms with E-state index in [-0.39, 0.29) is 12.4 Å². The van der Waals surface area contributed by atoms with Gasteiger partial charge in [-0.1, -0.05) is 54.6 Å². The number of rotatable bonds is 6. The summed E-state index contributed by atoms with van der Waals surface area (Å²) in [5.74, 6) is 0.240.